The van der Waals surface area contributed by atoms with Crippen molar-refractivity contribution in [3.8, 4) is 0 Å². The molecule has 4 nitrogen and oxygen atoms in total. The van der Waals surface area contributed by atoms with Gasteiger partial charge in [-0.1, -0.05) is 28.1 Å². The molecule has 0 N–H and O–H groups in total. The number of aromatic nitrogens is 1. The van der Waals surface area contributed by atoms with Crippen molar-refractivity contribution in [3.05, 3.63) is 76.5 Å². The molecule has 1 atom stereocenters. The first-order valence-electron chi connectivity index (χ1n) is 9.10. The molecule has 3 heterocycles. The van der Waals surface area contributed by atoms with Gasteiger partial charge < -0.3 is 9.80 Å². The number of aliphatic imine (C=N–C) groups is 1. The smallest absolute Gasteiger partial charge is 0.0958 e. The third-order valence-corrected chi connectivity index (χ3v) is 5.88. The molecule has 27 heavy (non-hydrogen) atoms. The minimum absolute atomic E-state index is 0.258. The van der Waals surface area contributed by atoms with E-state index in [0.29, 0.717) is 0 Å². The third-order valence-electron chi connectivity index (χ3n) is 5.38. The minimum atomic E-state index is 0.258. The van der Waals surface area contributed by atoms with Gasteiger partial charge in [-0.25, -0.2) is 0 Å². The fraction of sp³-hybridized carbons (Fsp3) is 0.182. The minimum Gasteiger partial charge on any atom is -0.345 e. The Balaban J connectivity index is 1.61. The summed E-state index contributed by atoms with van der Waals surface area (Å²) in [6, 6.07) is 17.5. The molecule has 134 valence electrons. The summed E-state index contributed by atoms with van der Waals surface area (Å²) in [5, 5.41) is 0. The van der Waals surface area contributed by atoms with Crippen molar-refractivity contribution in [2.75, 3.05) is 16.5 Å². The largest absolute Gasteiger partial charge is 0.345 e. The Morgan fingerprint density at radius 3 is 2.70 bits per heavy atom. The van der Waals surface area contributed by atoms with E-state index >= 15 is 0 Å². The summed E-state index contributed by atoms with van der Waals surface area (Å²) in [7, 11) is 0. The molecule has 0 aliphatic carbocycles. The first-order valence-corrected chi connectivity index (χ1v) is 9.89. The second-order valence-corrected chi connectivity index (χ2v) is 7.88. The van der Waals surface area contributed by atoms with Crippen molar-refractivity contribution in [2.24, 2.45) is 4.99 Å². The number of pyridine rings is 1. The molecule has 0 unspecified atom stereocenters. The number of nitrogens with zero attached hydrogens (tertiary/aromatic N) is 4. The first kappa shape index (κ1) is 16.5. The van der Waals surface area contributed by atoms with Crippen LogP contribution in [0.25, 0.3) is 0 Å². The highest BCUT2D eigenvalue weighted by Crippen LogP contribution is 2.47. The molecule has 0 amide bonds. The van der Waals surface area contributed by atoms with Crippen LogP contribution in [0.1, 0.15) is 24.1 Å². The zero-order chi connectivity index (χ0) is 18.4. The normalized spacial score (nSPS) is 15.8. The van der Waals surface area contributed by atoms with Gasteiger partial charge in [-0.05, 0) is 54.4 Å². The molecule has 5 heteroatoms. The van der Waals surface area contributed by atoms with E-state index in [0.717, 1.165) is 28.9 Å². The maximum atomic E-state index is 4.56. The van der Waals surface area contributed by atoms with Crippen LogP contribution < -0.4 is 9.80 Å². The van der Waals surface area contributed by atoms with Crippen LogP contribution in [-0.4, -0.2) is 17.9 Å². The quantitative estimate of drug-likeness (QED) is 0.540. The summed E-state index contributed by atoms with van der Waals surface area (Å²) in [6.45, 7) is 3.07. The molecule has 3 aromatic rings. The molecule has 0 bridgehead atoms. The van der Waals surface area contributed by atoms with Crippen LogP contribution in [-0.2, 0) is 6.42 Å². The number of anilines is 3. The Morgan fingerprint density at radius 1 is 1.04 bits per heavy atom. The van der Waals surface area contributed by atoms with E-state index in [1.807, 2.05) is 18.6 Å². The van der Waals surface area contributed by atoms with Crippen molar-refractivity contribution in [3.63, 3.8) is 0 Å². The predicted octanol–water partition coefficient (Wildman–Crippen LogP) is 5.78. The fourth-order valence-electron chi connectivity index (χ4n) is 3.91. The average Bonchev–Trinajstić information content (AvgIpc) is 3.30. The number of benzene rings is 2. The number of hydrogen-bond donors (Lipinski definition) is 0. The fourth-order valence-corrected chi connectivity index (χ4v) is 4.33. The molecule has 1 aromatic heterocycles. The van der Waals surface area contributed by atoms with Crippen LogP contribution in [0.5, 0.6) is 0 Å². The van der Waals surface area contributed by atoms with E-state index in [1.165, 1.54) is 22.5 Å². The van der Waals surface area contributed by atoms with E-state index in [-0.39, 0.29) is 6.04 Å². The van der Waals surface area contributed by atoms with Crippen LogP contribution in [0.2, 0.25) is 0 Å². The van der Waals surface area contributed by atoms with Gasteiger partial charge >= 0.3 is 0 Å². The second-order valence-electron chi connectivity index (χ2n) is 6.96. The highest BCUT2D eigenvalue weighted by atomic mass is 79.9. The van der Waals surface area contributed by atoms with Gasteiger partial charge in [-0.15, -0.1) is 0 Å². The molecule has 5 rings (SSSR count). The Morgan fingerprint density at radius 2 is 1.89 bits per heavy atom. The van der Waals surface area contributed by atoms with Crippen LogP contribution in [0, 0.1) is 0 Å². The average molecular weight is 419 g/mol. The summed E-state index contributed by atoms with van der Waals surface area (Å²) in [4.78, 5) is 13.5. The van der Waals surface area contributed by atoms with Crippen molar-refractivity contribution < 1.29 is 0 Å². The summed E-state index contributed by atoms with van der Waals surface area (Å²) < 4.78 is 1.11. The van der Waals surface area contributed by atoms with E-state index in [9.17, 15) is 0 Å². The van der Waals surface area contributed by atoms with Gasteiger partial charge in [-0.2, -0.15) is 0 Å². The molecular formula is C22H19BrN4. The molecular weight excluding hydrogens is 400 g/mol. The summed E-state index contributed by atoms with van der Waals surface area (Å²) in [5.41, 5.74) is 7.31. The molecule has 0 spiro atoms. The lowest BCUT2D eigenvalue weighted by molar-refractivity contribution is 0.695. The van der Waals surface area contributed by atoms with Crippen LogP contribution >= 0.6 is 15.9 Å². The Kier molecular flexibility index (Phi) is 3.97. The summed E-state index contributed by atoms with van der Waals surface area (Å²) in [5.74, 6) is 0. The van der Waals surface area contributed by atoms with Crippen molar-refractivity contribution in [2.45, 2.75) is 19.4 Å². The topological polar surface area (TPSA) is 31.7 Å². The first-order chi connectivity index (χ1) is 13.2. The lowest BCUT2D eigenvalue weighted by Gasteiger charge is -2.28. The molecule has 2 aromatic carbocycles. The van der Waals surface area contributed by atoms with Gasteiger partial charge in [0.15, 0.2) is 0 Å². The van der Waals surface area contributed by atoms with Gasteiger partial charge in [0.25, 0.3) is 0 Å². The van der Waals surface area contributed by atoms with Gasteiger partial charge in [-0.3, -0.25) is 9.98 Å². The zero-order valence-corrected chi connectivity index (χ0v) is 16.6. The molecule has 0 saturated carbocycles. The van der Waals surface area contributed by atoms with Gasteiger partial charge in [0, 0.05) is 35.2 Å². The molecule has 0 radical (unpaired) electrons. The SMILES string of the molecule is C[C@H](c1cccc(Br)c1)N1CN(c2ccncc2)c2cc3c(cc21)CC=N3. The zero-order valence-electron chi connectivity index (χ0n) is 15.0. The van der Waals surface area contributed by atoms with Gasteiger partial charge in [0.05, 0.1) is 29.8 Å². The van der Waals surface area contributed by atoms with E-state index in [2.05, 4.69) is 91.2 Å². The van der Waals surface area contributed by atoms with Gasteiger partial charge in [0.2, 0.25) is 0 Å². The number of fused-ring (bicyclic) bond motifs is 2. The highest BCUT2D eigenvalue weighted by Gasteiger charge is 2.32. The molecule has 0 saturated heterocycles. The third kappa shape index (κ3) is 2.82. The molecule has 2 aliphatic rings. The van der Waals surface area contributed by atoms with E-state index in [1.54, 1.807) is 0 Å². The molecule has 0 fully saturated rings. The van der Waals surface area contributed by atoms with Crippen LogP contribution in [0.4, 0.5) is 22.7 Å². The Labute approximate surface area is 167 Å². The van der Waals surface area contributed by atoms with Gasteiger partial charge in [0.1, 0.15) is 0 Å². The molecule has 2 aliphatic heterocycles. The lowest BCUT2D eigenvalue weighted by Crippen LogP contribution is -2.30. The second kappa shape index (κ2) is 6.50. The van der Waals surface area contributed by atoms with Crippen molar-refractivity contribution in [1.82, 2.24) is 4.98 Å². The lowest BCUT2D eigenvalue weighted by atomic mass is 10.1. The van der Waals surface area contributed by atoms with E-state index in [4.69, 9.17) is 0 Å². The number of rotatable bonds is 3. The summed E-state index contributed by atoms with van der Waals surface area (Å²) >= 11 is 3.61. The predicted molar refractivity (Wildman–Crippen MR) is 115 cm³/mol. The van der Waals surface area contributed by atoms with Crippen molar-refractivity contribution in [1.29, 1.82) is 0 Å². The standard InChI is InChI=1S/C22H19BrN4/c1-15(16-3-2-4-18(23)11-16)26-14-27(19-6-8-24-9-7-19)22-13-20-17(5-10-25-20)12-21(22)26/h2-4,6-13,15H,5,14H2,1H3/t15-/m1/s1. The van der Waals surface area contributed by atoms with Crippen LogP contribution in [0.3, 0.4) is 0 Å². The summed E-state index contributed by atoms with van der Waals surface area (Å²) in [6.07, 6.45) is 6.61. The number of halogens is 1. The highest BCUT2D eigenvalue weighted by molar-refractivity contribution is 9.10. The number of hydrogen-bond acceptors (Lipinski definition) is 4. The Bertz CT molecular complexity index is 1030. The van der Waals surface area contributed by atoms with Crippen LogP contribution in [0.15, 0.2) is 70.4 Å². The maximum Gasteiger partial charge on any atom is 0.0958 e. The Hall–Kier alpha value is -2.66. The monoisotopic (exact) mass is 418 g/mol. The van der Waals surface area contributed by atoms with Crippen molar-refractivity contribution >= 4 is 44.9 Å². The maximum absolute atomic E-state index is 4.56. The van der Waals surface area contributed by atoms with E-state index < -0.39 is 0 Å².